The van der Waals surface area contributed by atoms with Crippen LogP contribution in [0.2, 0.25) is 0 Å². The van der Waals surface area contributed by atoms with E-state index in [2.05, 4.69) is 4.94 Å². The summed E-state index contributed by atoms with van der Waals surface area (Å²) >= 11 is 0.908. The molecule has 1 N–H and O–H groups in total. The molecule has 3 aromatic rings. The maximum atomic E-state index is 14.9. The Bertz CT molecular complexity index is 913. The van der Waals surface area contributed by atoms with Gasteiger partial charge in [-0.15, -0.1) is 11.3 Å². The smallest absolute Gasteiger partial charge is 0.208 e. The standard InChI is InChI=1S/C17H13F3O2S/c18-13-11(17(21)7-1-2-8-17)5-3-9-10-4-6-12(22-20)14(19)16(10)23-15(9)13/h3-6,21H,1-2,7-8H2. The van der Waals surface area contributed by atoms with Crippen LogP contribution in [-0.4, -0.2) is 5.11 Å². The summed E-state index contributed by atoms with van der Waals surface area (Å²) in [6.45, 7) is 0. The molecule has 0 bridgehead atoms. The van der Waals surface area contributed by atoms with E-state index in [0.717, 1.165) is 24.2 Å². The van der Waals surface area contributed by atoms with E-state index >= 15 is 0 Å². The van der Waals surface area contributed by atoms with Crippen molar-refractivity contribution in [1.82, 2.24) is 0 Å². The van der Waals surface area contributed by atoms with Crippen LogP contribution in [0.25, 0.3) is 20.2 Å². The second-order valence-electron chi connectivity index (χ2n) is 5.98. The van der Waals surface area contributed by atoms with Gasteiger partial charge in [0.25, 0.3) is 0 Å². The predicted octanol–water partition coefficient (Wildman–Crippen LogP) is 5.36. The average Bonchev–Trinajstić information content (AvgIpc) is 3.14. The topological polar surface area (TPSA) is 29.5 Å². The van der Waals surface area contributed by atoms with Gasteiger partial charge < -0.3 is 5.11 Å². The Kier molecular flexibility index (Phi) is 3.28. The van der Waals surface area contributed by atoms with Gasteiger partial charge in [0.05, 0.1) is 15.0 Å². The lowest BCUT2D eigenvalue weighted by molar-refractivity contribution is -0.0103. The highest BCUT2D eigenvalue weighted by Gasteiger charge is 2.36. The third-order valence-electron chi connectivity index (χ3n) is 4.67. The molecule has 120 valence electrons. The van der Waals surface area contributed by atoms with E-state index in [1.54, 1.807) is 12.1 Å². The number of hydrogen-bond donors (Lipinski definition) is 1. The van der Waals surface area contributed by atoms with Gasteiger partial charge in [-0.2, -0.15) is 0 Å². The SMILES string of the molecule is OC1(c2ccc3c(sc4c(F)c(OF)ccc43)c2F)CCCC1. The lowest BCUT2D eigenvalue weighted by Crippen LogP contribution is -2.22. The zero-order chi connectivity index (χ0) is 16.2. The molecule has 0 atom stereocenters. The van der Waals surface area contributed by atoms with Crippen LogP contribution in [0.4, 0.5) is 13.3 Å². The predicted molar refractivity (Wildman–Crippen MR) is 83.3 cm³/mol. The molecule has 0 aliphatic heterocycles. The molecule has 0 radical (unpaired) electrons. The molecule has 6 heteroatoms. The molecule has 4 rings (SSSR count). The molecule has 2 nitrogen and oxygen atoms in total. The van der Waals surface area contributed by atoms with E-state index in [1.165, 1.54) is 12.1 Å². The van der Waals surface area contributed by atoms with Crippen molar-refractivity contribution in [3.63, 3.8) is 0 Å². The van der Waals surface area contributed by atoms with E-state index in [0.29, 0.717) is 23.6 Å². The van der Waals surface area contributed by atoms with Crippen molar-refractivity contribution in [2.75, 3.05) is 0 Å². The third kappa shape index (κ3) is 2.05. The van der Waals surface area contributed by atoms with Crippen molar-refractivity contribution >= 4 is 31.5 Å². The molecule has 2 aromatic carbocycles. The Balaban J connectivity index is 2.00. The number of rotatable bonds is 2. The fourth-order valence-corrected chi connectivity index (χ4v) is 4.64. The van der Waals surface area contributed by atoms with Gasteiger partial charge in [-0.1, -0.05) is 25.0 Å². The summed E-state index contributed by atoms with van der Waals surface area (Å²) < 4.78 is 41.9. The normalized spacial score (nSPS) is 17.2. The first kappa shape index (κ1) is 14.8. The molecule has 1 aromatic heterocycles. The summed E-state index contributed by atoms with van der Waals surface area (Å²) in [4.78, 5) is 3.50. The zero-order valence-corrected chi connectivity index (χ0v) is 12.9. The van der Waals surface area contributed by atoms with Crippen LogP contribution in [0.1, 0.15) is 31.2 Å². The molecule has 0 spiro atoms. The number of halogens is 3. The highest BCUT2D eigenvalue weighted by Crippen LogP contribution is 2.45. The monoisotopic (exact) mass is 338 g/mol. The Hall–Kier alpha value is -1.79. The molecule has 1 aliphatic rings. The van der Waals surface area contributed by atoms with Gasteiger partial charge in [0, 0.05) is 20.9 Å². The van der Waals surface area contributed by atoms with E-state index in [4.69, 9.17) is 0 Å². The summed E-state index contributed by atoms with van der Waals surface area (Å²) in [6, 6.07) is 5.96. The summed E-state index contributed by atoms with van der Waals surface area (Å²) in [5.74, 6) is -1.87. The second kappa shape index (κ2) is 5.11. The van der Waals surface area contributed by atoms with Gasteiger partial charge in [-0.05, 0) is 25.0 Å². The van der Waals surface area contributed by atoms with Crippen molar-refractivity contribution in [3.8, 4) is 5.75 Å². The van der Waals surface area contributed by atoms with Gasteiger partial charge >= 0.3 is 0 Å². The van der Waals surface area contributed by atoms with Gasteiger partial charge in [-0.25, -0.2) is 8.78 Å². The summed E-state index contributed by atoms with van der Waals surface area (Å²) in [7, 11) is 0. The first-order valence-electron chi connectivity index (χ1n) is 7.40. The van der Waals surface area contributed by atoms with Crippen LogP contribution < -0.4 is 4.94 Å². The van der Waals surface area contributed by atoms with Gasteiger partial charge in [0.15, 0.2) is 5.82 Å². The maximum absolute atomic E-state index is 14.9. The summed E-state index contributed by atoms with van der Waals surface area (Å²) in [5, 5.41) is 11.7. The zero-order valence-electron chi connectivity index (χ0n) is 12.0. The largest absolute Gasteiger partial charge is 0.385 e. The summed E-state index contributed by atoms with van der Waals surface area (Å²) in [6.07, 6.45) is 2.75. The highest BCUT2D eigenvalue weighted by molar-refractivity contribution is 7.25. The Morgan fingerprint density at radius 2 is 1.57 bits per heavy atom. The molecular weight excluding hydrogens is 325 g/mol. The minimum absolute atomic E-state index is 0.143. The van der Waals surface area contributed by atoms with Crippen molar-refractivity contribution in [3.05, 3.63) is 41.5 Å². The summed E-state index contributed by atoms with van der Waals surface area (Å²) in [5.41, 5.74) is -0.892. The number of fused-ring (bicyclic) bond motifs is 3. The van der Waals surface area contributed by atoms with Crippen molar-refractivity contribution in [1.29, 1.82) is 0 Å². The molecule has 0 saturated heterocycles. The Morgan fingerprint density at radius 3 is 2.22 bits per heavy atom. The fraction of sp³-hybridized carbons (Fsp3) is 0.294. The third-order valence-corrected chi connectivity index (χ3v) is 5.87. The highest BCUT2D eigenvalue weighted by atomic mass is 32.1. The number of thiophene rings is 1. The van der Waals surface area contributed by atoms with Crippen molar-refractivity contribution in [2.24, 2.45) is 0 Å². The average molecular weight is 338 g/mol. The van der Waals surface area contributed by atoms with Crippen LogP contribution in [0.15, 0.2) is 24.3 Å². The van der Waals surface area contributed by atoms with Gasteiger partial charge in [-0.3, -0.25) is 4.94 Å². The van der Waals surface area contributed by atoms with Crippen LogP contribution >= 0.6 is 11.3 Å². The van der Waals surface area contributed by atoms with E-state index < -0.39 is 23.0 Å². The first-order valence-corrected chi connectivity index (χ1v) is 8.21. The van der Waals surface area contributed by atoms with Crippen LogP contribution in [-0.2, 0) is 5.60 Å². The first-order chi connectivity index (χ1) is 11.0. The fourth-order valence-electron chi connectivity index (χ4n) is 3.47. The van der Waals surface area contributed by atoms with Crippen LogP contribution in [0, 0.1) is 11.6 Å². The molecule has 1 aliphatic carbocycles. The van der Waals surface area contributed by atoms with E-state index in [9.17, 15) is 18.4 Å². The molecule has 1 heterocycles. The molecule has 0 amide bonds. The second-order valence-corrected chi connectivity index (χ2v) is 7.00. The molecule has 23 heavy (non-hydrogen) atoms. The lowest BCUT2D eigenvalue weighted by Gasteiger charge is -2.23. The number of benzene rings is 2. The van der Waals surface area contributed by atoms with E-state index in [-0.39, 0.29) is 15.0 Å². The quantitative estimate of drug-likeness (QED) is 0.682. The van der Waals surface area contributed by atoms with Crippen LogP contribution in [0.3, 0.4) is 0 Å². The maximum Gasteiger partial charge on any atom is 0.208 e. The molecule has 1 fully saturated rings. The van der Waals surface area contributed by atoms with Crippen LogP contribution in [0.5, 0.6) is 5.75 Å². The van der Waals surface area contributed by atoms with Crippen molar-refractivity contribution in [2.45, 2.75) is 31.3 Å². The van der Waals surface area contributed by atoms with Gasteiger partial charge in [0.2, 0.25) is 5.75 Å². The molecular formula is C17H13F3O2S. The number of hydrogen-bond acceptors (Lipinski definition) is 3. The van der Waals surface area contributed by atoms with Gasteiger partial charge in [0.1, 0.15) is 5.82 Å². The van der Waals surface area contributed by atoms with Crippen molar-refractivity contribution < 1.29 is 23.4 Å². The number of aliphatic hydroxyl groups is 1. The Morgan fingerprint density at radius 1 is 0.957 bits per heavy atom. The minimum Gasteiger partial charge on any atom is -0.385 e. The lowest BCUT2D eigenvalue weighted by atomic mass is 9.91. The van der Waals surface area contributed by atoms with E-state index in [1.807, 2.05) is 0 Å². The minimum atomic E-state index is -1.15. The molecule has 0 unspecified atom stereocenters. The Labute approximate surface area is 134 Å². The molecule has 1 saturated carbocycles.